The molecule has 0 aromatic rings. The standard InChI is InChI=1S/C6H8O2.C2H2O4/c1-2-3-4-5-6(7)8;3-1(4)2(5)6/h2-5H,1H3,(H,7,8);(H,3,4)(H,5,6). The average Bonchev–Trinajstić information content (AvgIpc) is 2.05. The maximum Gasteiger partial charge on any atom is 0.414 e. The van der Waals surface area contributed by atoms with Crippen LogP contribution in [0.2, 0.25) is 0 Å². The van der Waals surface area contributed by atoms with E-state index in [9.17, 15) is 4.79 Å². The average molecular weight is 202 g/mol. The molecule has 0 radical (unpaired) electrons. The van der Waals surface area contributed by atoms with Gasteiger partial charge < -0.3 is 15.3 Å². The quantitative estimate of drug-likeness (QED) is 0.338. The fraction of sp³-hybridized carbons (Fsp3) is 0.125. The SMILES string of the molecule is CC=CC=CC(=O)O.O=C(O)C(=O)O. The summed E-state index contributed by atoms with van der Waals surface area (Å²) in [5.41, 5.74) is 0. The summed E-state index contributed by atoms with van der Waals surface area (Å²) in [5, 5.41) is 22.8. The molecule has 0 atom stereocenters. The molecule has 0 aliphatic heterocycles. The molecule has 0 amide bonds. The van der Waals surface area contributed by atoms with Gasteiger partial charge in [-0.2, -0.15) is 0 Å². The molecule has 14 heavy (non-hydrogen) atoms. The molecule has 0 bridgehead atoms. The lowest BCUT2D eigenvalue weighted by Crippen LogP contribution is -2.09. The Morgan fingerprint density at radius 2 is 1.36 bits per heavy atom. The van der Waals surface area contributed by atoms with Crippen LogP contribution in [0.3, 0.4) is 0 Å². The lowest BCUT2D eigenvalue weighted by Gasteiger charge is -1.72. The van der Waals surface area contributed by atoms with Crippen molar-refractivity contribution < 1.29 is 29.7 Å². The normalized spacial score (nSPS) is 9.50. The zero-order chi connectivity index (χ0) is 11.6. The molecule has 6 nitrogen and oxygen atoms in total. The first-order valence-electron chi connectivity index (χ1n) is 3.40. The second-order valence-electron chi connectivity index (χ2n) is 1.83. The fourth-order valence-corrected chi connectivity index (χ4v) is 0.249. The number of rotatable bonds is 2. The molecule has 0 aromatic heterocycles. The fourth-order valence-electron chi connectivity index (χ4n) is 0.249. The highest BCUT2D eigenvalue weighted by molar-refractivity contribution is 6.27. The summed E-state index contributed by atoms with van der Waals surface area (Å²) in [7, 11) is 0. The van der Waals surface area contributed by atoms with Crippen molar-refractivity contribution in [3.63, 3.8) is 0 Å². The summed E-state index contributed by atoms with van der Waals surface area (Å²) >= 11 is 0. The molecule has 0 saturated heterocycles. The van der Waals surface area contributed by atoms with Gasteiger partial charge in [0.25, 0.3) is 0 Å². The Hall–Kier alpha value is -2.11. The molecule has 0 aromatic carbocycles. The van der Waals surface area contributed by atoms with Crippen molar-refractivity contribution >= 4 is 17.9 Å². The van der Waals surface area contributed by atoms with Crippen LogP contribution in [-0.2, 0) is 14.4 Å². The monoisotopic (exact) mass is 202 g/mol. The van der Waals surface area contributed by atoms with Gasteiger partial charge in [0.15, 0.2) is 0 Å². The van der Waals surface area contributed by atoms with E-state index in [1.165, 1.54) is 6.08 Å². The number of carbonyl (C=O) groups is 3. The van der Waals surface area contributed by atoms with Crippen LogP contribution in [-0.4, -0.2) is 33.2 Å². The smallest absolute Gasteiger partial charge is 0.414 e. The molecular formula is C8H10O6. The van der Waals surface area contributed by atoms with Crippen LogP contribution in [0.25, 0.3) is 0 Å². The summed E-state index contributed by atoms with van der Waals surface area (Å²) in [6.45, 7) is 1.83. The predicted molar refractivity (Wildman–Crippen MR) is 46.9 cm³/mol. The largest absolute Gasteiger partial charge is 0.478 e. The topological polar surface area (TPSA) is 112 Å². The number of allylic oxidation sites excluding steroid dienone is 3. The van der Waals surface area contributed by atoms with Crippen LogP contribution in [0.4, 0.5) is 0 Å². The number of aliphatic carboxylic acids is 3. The molecule has 0 saturated carbocycles. The minimum Gasteiger partial charge on any atom is -0.478 e. The summed E-state index contributed by atoms with van der Waals surface area (Å²) in [6, 6.07) is 0. The zero-order valence-electron chi connectivity index (χ0n) is 7.38. The summed E-state index contributed by atoms with van der Waals surface area (Å²) in [4.78, 5) is 28.0. The van der Waals surface area contributed by atoms with E-state index in [-0.39, 0.29) is 0 Å². The molecule has 0 spiro atoms. The highest BCUT2D eigenvalue weighted by Gasteiger charge is 2.04. The first-order chi connectivity index (χ1) is 6.41. The van der Waals surface area contributed by atoms with Gasteiger partial charge in [-0.25, -0.2) is 14.4 Å². The van der Waals surface area contributed by atoms with Crippen LogP contribution < -0.4 is 0 Å². The molecule has 0 unspecified atom stereocenters. The molecule has 0 heterocycles. The maximum atomic E-state index is 9.75. The third-order valence-corrected chi connectivity index (χ3v) is 0.725. The van der Waals surface area contributed by atoms with E-state index in [2.05, 4.69) is 0 Å². The molecule has 0 fully saturated rings. The molecule has 78 valence electrons. The van der Waals surface area contributed by atoms with Gasteiger partial charge in [0, 0.05) is 6.08 Å². The Morgan fingerprint density at radius 3 is 1.57 bits per heavy atom. The van der Waals surface area contributed by atoms with Crippen molar-refractivity contribution in [3.05, 3.63) is 24.3 Å². The molecule has 0 aliphatic carbocycles. The number of hydrogen-bond acceptors (Lipinski definition) is 3. The Kier molecular flexibility index (Phi) is 9.25. The van der Waals surface area contributed by atoms with Gasteiger partial charge in [-0.05, 0) is 6.92 Å². The second kappa shape index (κ2) is 8.98. The predicted octanol–water partition coefficient (Wildman–Crippen LogP) is 0.359. The van der Waals surface area contributed by atoms with Crippen LogP contribution in [0, 0.1) is 0 Å². The van der Waals surface area contributed by atoms with Crippen molar-refractivity contribution in [1.29, 1.82) is 0 Å². The van der Waals surface area contributed by atoms with Gasteiger partial charge in [0.2, 0.25) is 0 Å². The van der Waals surface area contributed by atoms with Gasteiger partial charge >= 0.3 is 17.9 Å². The highest BCUT2D eigenvalue weighted by atomic mass is 16.4. The summed E-state index contributed by atoms with van der Waals surface area (Å²) in [5.74, 6) is -4.56. The summed E-state index contributed by atoms with van der Waals surface area (Å²) < 4.78 is 0. The van der Waals surface area contributed by atoms with Crippen LogP contribution in [0.15, 0.2) is 24.3 Å². The Labute approximate surface area is 79.8 Å². The van der Waals surface area contributed by atoms with E-state index in [1.807, 2.05) is 6.92 Å². The Balaban J connectivity index is 0. The lowest BCUT2D eigenvalue weighted by molar-refractivity contribution is -0.159. The minimum absolute atomic E-state index is 0.914. The van der Waals surface area contributed by atoms with Crippen LogP contribution in [0.5, 0.6) is 0 Å². The lowest BCUT2D eigenvalue weighted by atomic mass is 10.4. The molecule has 0 rings (SSSR count). The number of carboxylic acids is 3. The van der Waals surface area contributed by atoms with Crippen molar-refractivity contribution in [3.8, 4) is 0 Å². The van der Waals surface area contributed by atoms with Gasteiger partial charge in [0.1, 0.15) is 0 Å². The van der Waals surface area contributed by atoms with Crippen molar-refractivity contribution in [2.24, 2.45) is 0 Å². The highest BCUT2D eigenvalue weighted by Crippen LogP contribution is 1.74. The van der Waals surface area contributed by atoms with Crippen molar-refractivity contribution in [2.45, 2.75) is 6.92 Å². The molecule has 3 N–H and O–H groups in total. The Morgan fingerprint density at radius 1 is 0.929 bits per heavy atom. The number of carboxylic acid groups (broad SMARTS) is 3. The minimum atomic E-state index is -1.82. The van der Waals surface area contributed by atoms with Crippen LogP contribution in [0.1, 0.15) is 6.92 Å². The van der Waals surface area contributed by atoms with Crippen molar-refractivity contribution in [1.82, 2.24) is 0 Å². The zero-order valence-corrected chi connectivity index (χ0v) is 7.38. The Bertz CT molecular complexity index is 251. The van der Waals surface area contributed by atoms with E-state index in [0.29, 0.717) is 0 Å². The van der Waals surface area contributed by atoms with Crippen LogP contribution >= 0.6 is 0 Å². The van der Waals surface area contributed by atoms with Gasteiger partial charge in [0.05, 0.1) is 0 Å². The third-order valence-electron chi connectivity index (χ3n) is 0.725. The first-order valence-corrected chi connectivity index (χ1v) is 3.40. The van der Waals surface area contributed by atoms with E-state index >= 15 is 0 Å². The first kappa shape index (κ1) is 14.4. The third kappa shape index (κ3) is 16.5. The van der Waals surface area contributed by atoms with Gasteiger partial charge in [-0.1, -0.05) is 18.2 Å². The maximum absolute atomic E-state index is 9.75. The van der Waals surface area contributed by atoms with E-state index < -0.39 is 17.9 Å². The van der Waals surface area contributed by atoms with Crippen molar-refractivity contribution in [2.75, 3.05) is 0 Å². The van der Waals surface area contributed by atoms with Gasteiger partial charge in [-0.3, -0.25) is 0 Å². The van der Waals surface area contributed by atoms with E-state index in [4.69, 9.17) is 24.9 Å². The number of hydrogen-bond donors (Lipinski definition) is 3. The second-order valence-corrected chi connectivity index (χ2v) is 1.83. The molecule has 0 aliphatic rings. The van der Waals surface area contributed by atoms with Gasteiger partial charge in [-0.15, -0.1) is 0 Å². The van der Waals surface area contributed by atoms with E-state index in [0.717, 1.165) is 6.08 Å². The molecular weight excluding hydrogens is 192 g/mol. The molecule has 6 heteroatoms. The summed E-state index contributed by atoms with van der Waals surface area (Å²) in [6.07, 6.45) is 5.98. The van der Waals surface area contributed by atoms with E-state index in [1.54, 1.807) is 12.2 Å².